The molecule has 0 aromatic heterocycles. The van der Waals surface area contributed by atoms with E-state index in [1.165, 1.54) is 5.56 Å². The third kappa shape index (κ3) is 2.42. The molecular weight excluding hydrogens is 200 g/mol. The van der Waals surface area contributed by atoms with Crippen LogP contribution in [0.4, 0.5) is 0 Å². The number of hydrogen-bond donors (Lipinski definition) is 1. The third-order valence-corrected chi connectivity index (χ3v) is 3.14. The van der Waals surface area contributed by atoms with E-state index in [1.807, 2.05) is 23.1 Å². The number of benzene rings is 1. The Morgan fingerprint density at radius 2 is 2.06 bits per heavy atom. The van der Waals surface area contributed by atoms with E-state index >= 15 is 0 Å². The Morgan fingerprint density at radius 3 is 2.75 bits per heavy atom. The van der Waals surface area contributed by atoms with Crippen molar-refractivity contribution in [1.82, 2.24) is 4.90 Å². The molecule has 86 valence electrons. The molecule has 1 amide bonds. The van der Waals surface area contributed by atoms with Gasteiger partial charge < -0.3 is 10.6 Å². The largest absolute Gasteiger partial charge is 0.338 e. The van der Waals surface area contributed by atoms with Crippen molar-refractivity contribution < 1.29 is 4.79 Å². The van der Waals surface area contributed by atoms with Gasteiger partial charge in [0.15, 0.2) is 0 Å². The maximum atomic E-state index is 12.0. The summed E-state index contributed by atoms with van der Waals surface area (Å²) in [5, 5.41) is 0. The molecule has 0 aliphatic carbocycles. The van der Waals surface area contributed by atoms with Crippen LogP contribution >= 0.6 is 0 Å². The first kappa shape index (κ1) is 11.1. The maximum absolute atomic E-state index is 12.0. The minimum Gasteiger partial charge on any atom is -0.338 e. The molecular formula is C13H18N2O. The Labute approximate surface area is 96.2 Å². The average Bonchev–Trinajstić information content (AvgIpc) is 2.64. The Kier molecular flexibility index (Phi) is 3.57. The quantitative estimate of drug-likeness (QED) is 0.830. The predicted molar refractivity (Wildman–Crippen MR) is 63.6 cm³/mol. The van der Waals surface area contributed by atoms with Gasteiger partial charge in [-0.1, -0.05) is 30.3 Å². The molecule has 1 aliphatic heterocycles. The van der Waals surface area contributed by atoms with Gasteiger partial charge in [0.2, 0.25) is 5.91 Å². The number of nitrogens with two attached hydrogens (primary N) is 1. The summed E-state index contributed by atoms with van der Waals surface area (Å²) in [5.74, 6) is 0.433. The summed E-state index contributed by atoms with van der Waals surface area (Å²) in [6.45, 7) is 2.22. The molecule has 1 fully saturated rings. The van der Waals surface area contributed by atoms with E-state index < -0.39 is 0 Å². The van der Waals surface area contributed by atoms with Crippen LogP contribution in [-0.2, 0) is 11.3 Å². The lowest BCUT2D eigenvalue weighted by atomic mass is 10.0. The van der Waals surface area contributed by atoms with Gasteiger partial charge in [-0.05, 0) is 24.9 Å². The molecule has 3 heteroatoms. The standard InChI is InChI=1S/C13H18N2O/c14-8-6-12-7-9-15(13(12)16)10-11-4-2-1-3-5-11/h1-5,12H,6-10,14H2. The second-order valence-electron chi connectivity index (χ2n) is 4.31. The molecule has 16 heavy (non-hydrogen) atoms. The van der Waals surface area contributed by atoms with Crippen LogP contribution in [0.15, 0.2) is 30.3 Å². The van der Waals surface area contributed by atoms with Gasteiger partial charge in [0, 0.05) is 19.0 Å². The molecule has 1 aliphatic rings. The fourth-order valence-corrected chi connectivity index (χ4v) is 2.23. The summed E-state index contributed by atoms with van der Waals surface area (Å²) in [7, 11) is 0. The van der Waals surface area contributed by atoms with Crippen molar-refractivity contribution in [1.29, 1.82) is 0 Å². The molecule has 1 aromatic rings. The number of amides is 1. The molecule has 3 nitrogen and oxygen atoms in total. The third-order valence-electron chi connectivity index (χ3n) is 3.14. The van der Waals surface area contributed by atoms with Crippen LogP contribution in [0.25, 0.3) is 0 Å². The molecule has 1 atom stereocenters. The van der Waals surface area contributed by atoms with E-state index in [9.17, 15) is 4.79 Å². The molecule has 1 heterocycles. The molecule has 0 saturated carbocycles. The van der Waals surface area contributed by atoms with E-state index in [0.717, 1.165) is 25.9 Å². The van der Waals surface area contributed by atoms with E-state index in [4.69, 9.17) is 5.73 Å². The zero-order valence-corrected chi connectivity index (χ0v) is 9.43. The monoisotopic (exact) mass is 218 g/mol. The van der Waals surface area contributed by atoms with Crippen LogP contribution in [0.1, 0.15) is 18.4 Å². The molecule has 2 rings (SSSR count). The van der Waals surface area contributed by atoms with E-state index in [-0.39, 0.29) is 11.8 Å². The van der Waals surface area contributed by atoms with Gasteiger partial charge >= 0.3 is 0 Å². The smallest absolute Gasteiger partial charge is 0.226 e. The molecule has 1 saturated heterocycles. The van der Waals surface area contributed by atoms with E-state index in [1.54, 1.807) is 0 Å². The lowest BCUT2D eigenvalue weighted by Crippen LogP contribution is -2.27. The maximum Gasteiger partial charge on any atom is 0.226 e. The molecule has 1 unspecified atom stereocenters. The zero-order chi connectivity index (χ0) is 11.4. The minimum atomic E-state index is 0.161. The van der Waals surface area contributed by atoms with Crippen LogP contribution in [0.2, 0.25) is 0 Å². The lowest BCUT2D eigenvalue weighted by molar-refractivity contribution is -0.131. The molecule has 2 N–H and O–H groups in total. The lowest BCUT2D eigenvalue weighted by Gasteiger charge is -2.16. The van der Waals surface area contributed by atoms with Crippen molar-refractivity contribution in [2.45, 2.75) is 19.4 Å². The van der Waals surface area contributed by atoms with Gasteiger partial charge in [0.1, 0.15) is 0 Å². The molecule has 0 radical (unpaired) electrons. The highest BCUT2D eigenvalue weighted by Crippen LogP contribution is 2.22. The van der Waals surface area contributed by atoms with Crippen LogP contribution in [0.5, 0.6) is 0 Å². The van der Waals surface area contributed by atoms with Gasteiger partial charge in [0.05, 0.1) is 0 Å². The van der Waals surface area contributed by atoms with Gasteiger partial charge in [-0.25, -0.2) is 0 Å². The van der Waals surface area contributed by atoms with Crippen LogP contribution in [0, 0.1) is 5.92 Å². The highest BCUT2D eigenvalue weighted by atomic mass is 16.2. The molecule has 0 spiro atoms. The van der Waals surface area contributed by atoms with Gasteiger partial charge in [-0.15, -0.1) is 0 Å². The summed E-state index contributed by atoms with van der Waals surface area (Å²) in [5.41, 5.74) is 6.70. The van der Waals surface area contributed by atoms with Crippen molar-refractivity contribution >= 4 is 5.91 Å². The summed E-state index contributed by atoms with van der Waals surface area (Å²) < 4.78 is 0. The van der Waals surface area contributed by atoms with Crippen molar-refractivity contribution in [2.24, 2.45) is 11.7 Å². The predicted octanol–water partition coefficient (Wildman–Crippen LogP) is 1.38. The minimum absolute atomic E-state index is 0.161. The Morgan fingerprint density at radius 1 is 1.31 bits per heavy atom. The summed E-state index contributed by atoms with van der Waals surface area (Å²) in [6, 6.07) is 10.1. The number of carbonyl (C=O) groups is 1. The fraction of sp³-hybridized carbons (Fsp3) is 0.462. The average molecular weight is 218 g/mol. The van der Waals surface area contributed by atoms with Crippen molar-refractivity contribution in [3.05, 3.63) is 35.9 Å². The Balaban J connectivity index is 1.95. The van der Waals surface area contributed by atoms with Gasteiger partial charge in [0.25, 0.3) is 0 Å². The highest BCUT2D eigenvalue weighted by molar-refractivity contribution is 5.80. The fourth-order valence-electron chi connectivity index (χ4n) is 2.23. The second-order valence-corrected chi connectivity index (χ2v) is 4.31. The van der Waals surface area contributed by atoms with Crippen LogP contribution in [0.3, 0.4) is 0 Å². The van der Waals surface area contributed by atoms with Gasteiger partial charge in [-0.3, -0.25) is 4.79 Å². The highest BCUT2D eigenvalue weighted by Gasteiger charge is 2.30. The SMILES string of the molecule is NCCC1CCN(Cc2ccccc2)C1=O. The number of hydrogen-bond acceptors (Lipinski definition) is 2. The zero-order valence-electron chi connectivity index (χ0n) is 9.43. The normalized spacial score (nSPS) is 20.4. The molecule has 1 aromatic carbocycles. The Bertz CT molecular complexity index is 350. The van der Waals surface area contributed by atoms with Crippen LogP contribution < -0.4 is 5.73 Å². The molecule has 0 bridgehead atoms. The van der Waals surface area contributed by atoms with Crippen molar-refractivity contribution in [3.63, 3.8) is 0 Å². The second kappa shape index (κ2) is 5.12. The summed E-state index contributed by atoms with van der Waals surface area (Å²) in [4.78, 5) is 13.9. The van der Waals surface area contributed by atoms with Gasteiger partial charge in [-0.2, -0.15) is 0 Å². The first-order valence-electron chi connectivity index (χ1n) is 5.84. The van der Waals surface area contributed by atoms with Crippen molar-refractivity contribution in [3.8, 4) is 0 Å². The summed E-state index contributed by atoms with van der Waals surface area (Å²) in [6.07, 6.45) is 1.78. The first-order chi connectivity index (χ1) is 7.81. The van der Waals surface area contributed by atoms with Crippen molar-refractivity contribution in [2.75, 3.05) is 13.1 Å². The number of nitrogens with zero attached hydrogens (tertiary/aromatic N) is 1. The van der Waals surface area contributed by atoms with E-state index in [0.29, 0.717) is 6.54 Å². The van der Waals surface area contributed by atoms with E-state index in [2.05, 4.69) is 12.1 Å². The summed E-state index contributed by atoms with van der Waals surface area (Å²) >= 11 is 0. The number of carbonyl (C=O) groups excluding carboxylic acids is 1. The number of likely N-dealkylation sites (tertiary alicyclic amines) is 1. The number of rotatable bonds is 4. The first-order valence-corrected chi connectivity index (χ1v) is 5.84. The van der Waals surface area contributed by atoms with Crippen LogP contribution in [-0.4, -0.2) is 23.9 Å². The topological polar surface area (TPSA) is 46.3 Å². The Hall–Kier alpha value is -1.35.